The third kappa shape index (κ3) is 3.14. The molecule has 1 heterocycles. The van der Waals surface area contributed by atoms with Crippen LogP contribution in [-0.4, -0.2) is 41.2 Å². The van der Waals surface area contributed by atoms with Crippen LogP contribution in [0.1, 0.15) is 6.42 Å². The van der Waals surface area contributed by atoms with Gasteiger partial charge in [-0.1, -0.05) is 30.0 Å². The quantitative estimate of drug-likeness (QED) is 0.908. The zero-order valence-corrected chi connectivity index (χ0v) is 11.6. The van der Waals surface area contributed by atoms with Crippen LogP contribution in [0.5, 0.6) is 0 Å². The van der Waals surface area contributed by atoms with E-state index in [2.05, 4.69) is 10.3 Å². The average Bonchev–Trinajstić information content (AvgIpc) is 2.68. The van der Waals surface area contributed by atoms with Gasteiger partial charge in [0.2, 0.25) is 11.8 Å². The van der Waals surface area contributed by atoms with E-state index in [1.165, 1.54) is 16.7 Å². The van der Waals surface area contributed by atoms with Crippen LogP contribution in [0, 0.1) is 0 Å². The molecule has 0 bridgehead atoms. The molecule has 1 unspecified atom stereocenters. The van der Waals surface area contributed by atoms with Gasteiger partial charge in [-0.2, -0.15) is 0 Å². The lowest BCUT2D eigenvalue weighted by molar-refractivity contribution is -0.128. The molecule has 0 spiro atoms. The Bertz CT molecular complexity index is 516. The van der Waals surface area contributed by atoms with Gasteiger partial charge in [0, 0.05) is 20.5 Å². The minimum atomic E-state index is -0.382. The van der Waals surface area contributed by atoms with Crippen molar-refractivity contribution in [2.75, 3.05) is 14.1 Å². The molecule has 6 heteroatoms. The smallest absolute Gasteiger partial charge is 0.242 e. The number of nitrogens with zero attached hydrogens (tertiary/aromatic N) is 2. The maximum Gasteiger partial charge on any atom is 0.242 e. The summed E-state index contributed by atoms with van der Waals surface area (Å²) in [6.07, 6.45) is 0.179. The van der Waals surface area contributed by atoms with E-state index in [9.17, 15) is 9.59 Å². The number of hydrogen-bond donors (Lipinski definition) is 1. The molecular formula is C13H15N3O2S. The van der Waals surface area contributed by atoms with Gasteiger partial charge in [0.25, 0.3) is 0 Å². The second kappa shape index (κ2) is 5.88. The predicted octanol–water partition coefficient (Wildman–Crippen LogP) is 1.38. The summed E-state index contributed by atoms with van der Waals surface area (Å²) in [6.45, 7) is 0. The molecule has 1 atom stereocenters. The first-order valence-corrected chi connectivity index (χ1v) is 6.78. The van der Waals surface area contributed by atoms with E-state index in [0.29, 0.717) is 5.17 Å². The van der Waals surface area contributed by atoms with Crippen molar-refractivity contribution in [2.45, 2.75) is 11.7 Å². The van der Waals surface area contributed by atoms with Gasteiger partial charge >= 0.3 is 0 Å². The second-order valence-electron chi connectivity index (χ2n) is 4.11. The molecule has 1 aromatic carbocycles. The lowest BCUT2D eigenvalue weighted by atomic mass is 10.2. The highest BCUT2D eigenvalue weighted by atomic mass is 32.2. The molecule has 1 saturated heterocycles. The summed E-state index contributed by atoms with van der Waals surface area (Å²) in [5.74, 6) is -0.219. The van der Waals surface area contributed by atoms with Crippen LogP contribution in [0.25, 0.3) is 0 Å². The SMILES string of the molecule is CNC(=O)CC1SC(=Nc2ccccc2)N(C)C1=O. The predicted molar refractivity (Wildman–Crippen MR) is 76.4 cm³/mol. The molecule has 1 aliphatic heterocycles. The molecule has 2 rings (SSSR count). The van der Waals surface area contributed by atoms with Crippen molar-refractivity contribution < 1.29 is 9.59 Å². The first-order valence-electron chi connectivity index (χ1n) is 5.90. The zero-order chi connectivity index (χ0) is 13.8. The standard InChI is InChI=1S/C13H15N3O2S/c1-14-11(17)8-10-12(18)16(2)13(19-10)15-9-6-4-3-5-7-9/h3-7,10H,8H2,1-2H3,(H,14,17). The monoisotopic (exact) mass is 277 g/mol. The number of benzene rings is 1. The molecule has 2 amide bonds. The highest BCUT2D eigenvalue weighted by Crippen LogP contribution is 2.30. The molecule has 1 aromatic rings. The average molecular weight is 277 g/mol. The van der Waals surface area contributed by atoms with Gasteiger partial charge in [0.05, 0.1) is 5.69 Å². The summed E-state index contributed by atoms with van der Waals surface area (Å²) in [6, 6.07) is 9.44. The second-order valence-corrected chi connectivity index (χ2v) is 5.28. The Kier molecular flexibility index (Phi) is 4.21. The number of hydrogen-bond acceptors (Lipinski definition) is 4. The molecule has 0 saturated carbocycles. The van der Waals surface area contributed by atoms with Crippen molar-refractivity contribution in [2.24, 2.45) is 4.99 Å². The van der Waals surface area contributed by atoms with Gasteiger partial charge in [-0.15, -0.1) is 0 Å². The molecule has 19 heavy (non-hydrogen) atoms. The van der Waals surface area contributed by atoms with Gasteiger partial charge in [-0.05, 0) is 12.1 Å². The summed E-state index contributed by atoms with van der Waals surface area (Å²) in [7, 11) is 3.25. The van der Waals surface area contributed by atoms with Crippen molar-refractivity contribution in [1.82, 2.24) is 10.2 Å². The lowest BCUT2D eigenvalue weighted by Crippen LogP contribution is -2.31. The molecule has 1 aliphatic rings. The van der Waals surface area contributed by atoms with E-state index < -0.39 is 0 Å². The van der Waals surface area contributed by atoms with Crippen LogP contribution in [0.4, 0.5) is 5.69 Å². The Morgan fingerprint density at radius 3 is 2.74 bits per heavy atom. The molecule has 5 nitrogen and oxygen atoms in total. The van der Waals surface area contributed by atoms with Crippen LogP contribution in [0.15, 0.2) is 35.3 Å². The molecule has 100 valence electrons. The number of amidine groups is 1. The fourth-order valence-corrected chi connectivity index (χ4v) is 2.84. The fourth-order valence-electron chi connectivity index (χ4n) is 1.68. The Labute approximate surface area is 116 Å². The number of nitrogens with one attached hydrogen (secondary N) is 1. The molecule has 0 aromatic heterocycles. The van der Waals surface area contributed by atoms with Crippen LogP contribution >= 0.6 is 11.8 Å². The largest absolute Gasteiger partial charge is 0.359 e. The highest BCUT2D eigenvalue weighted by Gasteiger charge is 2.36. The number of rotatable bonds is 3. The first-order chi connectivity index (χ1) is 9.11. The highest BCUT2D eigenvalue weighted by molar-refractivity contribution is 8.15. The molecule has 1 N–H and O–H groups in total. The number of thioether (sulfide) groups is 1. The van der Waals surface area contributed by atoms with E-state index in [1.54, 1.807) is 14.1 Å². The minimum Gasteiger partial charge on any atom is -0.359 e. The first kappa shape index (κ1) is 13.6. The molecule has 1 fully saturated rings. The Morgan fingerprint density at radius 1 is 1.42 bits per heavy atom. The van der Waals surface area contributed by atoms with Crippen molar-refractivity contribution in [1.29, 1.82) is 0 Å². The van der Waals surface area contributed by atoms with E-state index in [4.69, 9.17) is 0 Å². The van der Waals surface area contributed by atoms with E-state index in [-0.39, 0.29) is 23.5 Å². The van der Waals surface area contributed by atoms with Gasteiger partial charge in [0.15, 0.2) is 5.17 Å². The van der Waals surface area contributed by atoms with Crippen LogP contribution in [-0.2, 0) is 9.59 Å². The van der Waals surface area contributed by atoms with E-state index in [1.807, 2.05) is 30.3 Å². The van der Waals surface area contributed by atoms with Crippen molar-refractivity contribution in [3.05, 3.63) is 30.3 Å². The normalized spacial score (nSPS) is 20.9. The van der Waals surface area contributed by atoms with Crippen molar-refractivity contribution in [3.63, 3.8) is 0 Å². The van der Waals surface area contributed by atoms with Crippen LogP contribution in [0.2, 0.25) is 0 Å². The minimum absolute atomic E-state index is 0.0803. The number of aliphatic imine (C=N–C) groups is 1. The summed E-state index contributed by atoms with van der Waals surface area (Å²) >= 11 is 1.33. The summed E-state index contributed by atoms with van der Waals surface area (Å²) in [4.78, 5) is 29.3. The fraction of sp³-hybridized carbons (Fsp3) is 0.308. The molecular weight excluding hydrogens is 262 g/mol. The maximum atomic E-state index is 12.0. The third-order valence-electron chi connectivity index (χ3n) is 2.77. The Hall–Kier alpha value is -1.82. The molecule has 0 aliphatic carbocycles. The number of para-hydroxylation sites is 1. The third-order valence-corrected chi connectivity index (χ3v) is 4.00. The molecule has 0 radical (unpaired) electrons. The topological polar surface area (TPSA) is 61.8 Å². The van der Waals surface area contributed by atoms with Gasteiger partial charge in [-0.25, -0.2) is 4.99 Å². The summed E-state index contributed by atoms with van der Waals surface area (Å²) < 4.78 is 0. The Morgan fingerprint density at radius 2 is 2.11 bits per heavy atom. The number of carbonyl (C=O) groups is 2. The van der Waals surface area contributed by atoms with Crippen LogP contribution in [0.3, 0.4) is 0 Å². The Balaban J connectivity index is 2.14. The van der Waals surface area contributed by atoms with Gasteiger partial charge in [-0.3, -0.25) is 14.5 Å². The summed E-state index contributed by atoms with van der Waals surface area (Å²) in [5.41, 5.74) is 0.797. The number of amides is 2. The van der Waals surface area contributed by atoms with E-state index >= 15 is 0 Å². The van der Waals surface area contributed by atoms with E-state index in [0.717, 1.165) is 5.69 Å². The van der Waals surface area contributed by atoms with Crippen molar-refractivity contribution in [3.8, 4) is 0 Å². The van der Waals surface area contributed by atoms with Crippen molar-refractivity contribution >= 4 is 34.4 Å². The summed E-state index contributed by atoms with van der Waals surface area (Å²) in [5, 5.41) is 2.78. The maximum absolute atomic E-state index is 12.0. The van der Waals surface area contributed by atoms with Gasteiger partial charge < -0.3 is 5.32 Å². The van der Waals surface area contributed by atoms with Gasteiger partial charge in [0.1, 0.15) is 5.25 Å². The number of carbonyl (C=O) groups excluding carboxylic acids is 2. The van der Waals surface area contributed by atoms with Crippen LogP contribution < -0.4 is 5.32 Å². The zero-order valence-electron chi connectivity index (χ0n) is 10.8. The lowest BCUT2D eigenvalue weighted by Gasteiger charge is -2.08.